The lowest BCUT2D eigenvalue weighted by Crippen LogP contribution is -2.21. The summed E-state index contributed by atoms with van der Waals surface area (Å²) in [4.78, 5) is 4.67. The molecule has 0 spiro atoms. The first-order valence-corrected chi connectivity index (χ1v) is 8.33. The van der Waals surface area contributed by atoms with E-state index in [0.717, 1.165) is 35.2 Å². The molecule has 2 aromatic rings. The lowest BCUT2D eigenvalue weighted by molar-refractivity contribution is 0.271. The Labute approximate surface area is 131 Å². The molecule has 1 aromatic carbocycles. The van der Waals surface area contributed by atoms with Gasteiger partial charge in [-0.1, -0.05) is 27.7 Å². The number of aromatic nitrogens is 1. The molecule has 21 heavy (non-hydrogen) atoms. The average molecular weight is 304 g/mol. The summed E-state index contributed by atoms with van der Waals surface area (Å²) < 4.78 is 5.70. The van der Waals surface area contributed by atoms with Gasteiger partial charge in [0.05, 0.1) is 12.3 Å². The van der Waals surface area contributed by atoms with Gasteiger partial charge in [0.25, 0.3) is 0 Å². The molecule has 1 N–H and O–H groups in total. The van der Waals surface area contributed by atoms with Gasteiger partial charge in [-0.05, 0) is 30.2 Å². The molecule has 0 aliphatic carbocycles. The van der Waals surface area contributed by atoms with Crippen molar-refractivity contribution in [3.63, 3.8) is 0 Å². The Bertz CT molecular complexity index is 546. The first kappa shape index (κ1) is 16.0. The molecule has 2 rings (SSSR count). The minimum atomic E-state index is 0.479. The number of nitrogens with one attached hydrogen (secondary N) is 1. The lowest BCUT2D eigenvalue weighted by atomic mass is 10.2. The van der Waals surface area contributed by atoms with Crippen LogP contribution in [0.15, 0.2) is 29.6 Å². The van der Waals surface area contributed by atoms with E-state index in [9.17, 15) is 0 Å². The Balaban J connectivity index is 1.98. The van der Waals surface area contributed by atoms with Crippen molar-refractivity contribution in [3.05, 3.63) is 35.3 Å². The third kappa shape index (κ3) is 5.14. The predicted octanol–water partition coefficient (Wildman–Crippen LogP) is 4.34. The SMILES string of the molecule is CC(C)COc1ccc(-c2nc(CNC(C)C)cs2)cc1. The smallest absolute Gasteiger partial charge is 0.123 e. The Kier molecular flexibility index (Phi) is 5.76. The van der Waals surface area contributed by atoms with E-state index in [1.807, 2.05) is 12.1 Å². The van der Waals surface area contributed by atoms with E-state index in [4.69, 9.17) is 4.74 Å². The molecule has 0 radical (unpaired) electrons. The van der Waals surface area contributed by atoms with Gasteiger partial charge in [-0.25, -0.2) is 4.98 Å². The van der Waals surface area contributed by atoms with Crippen molar-refractivity contribution in [2.45, 2.75) is 40.3 Å². The molecule has 0 unspecified atom stereocenters. The summed E-state index contributed by atoms with van der Waals surface area (Å²) in [5, 5.41) is 6.57. The Morgan fingerprint density at radius 3 is 2.48 bits per heavy atom. The van der Waals surface area contributed by atoms with Gasteiger partial charge in [0.15, 0.2) is 0 Å². The molecule has 0 atom stereocenters. The maximum absolute atomic E-state index is 5.70. The maximum Gasteiger partial charge on any atom is 0.123 e. The van der Waals surface area contributed by atoms with Crippen molar-refractivity contribution >= 4 is 11.3 Å². The fraction of sp³-hybridized carbons (Fsp3) is 0.471. The fourth-order valence-corrected chi connectivity index (χ4v) is 2.61. The second kappa shape index (κ2) is 7.57. The van der Waals surface area contributed by atoms with Crippen LogP contribution in [0.5, 0.6) is 5.75 Å². The van der Waals surface area contributed by atoms with Gasteiger partial charge in [-0.3, -0.25) is 0 Å². The van der Waals surface area contributed by atoms with Crippen molar-refractivity contribution in [3.8, 4) is 16.3 Å². The average Bonchev–Trinajstić information content (AvgIpc) is 2.92. The van der Waals surface area contributed by atoms with Crippen LogP contribution >= 0.6 is 11.3 Å². The van der Waals surface area contributed by atoms with Crippen LogP contribution in [0.25, 0.3) is 10.6 Å². The third-order valence-electron chi connectivity index (χ3n) is 2.93. The second-order valence-electron chi connectivity index (χ2n) is 5.91. The summed E-state index contributed by atoms with van der Waals surface area (Å²) >= 11 is 1.69. The summed E-state index contributed by atoms with van der Waals surface area (Å²) in [5.74, 6) is 1.46. The Morgan fingerprint density at radius 1 is 1.14 bits per heavy atom. The van der Waals surface area contributed by atoms with Crippen LogP contribution in [0.2, 0.25) is 0 Å². The van der Waals surface area contributed by atoms with Crippen LogP contribution in [-0.4, -0.2) is 17.6 Å². The predicted molar refractivity (Wildman–Crippen MR) is 89.9 cm³/mol. The number of rotatable bonds is 7. The molecular formula is C17H24N2OS. The maximum atomic E-state index is 5.70. The topological polar surface area (TPSA) is 34.1 Å². The number of hydrogen-bond acceptors (Lipinski definition) is 4. The van der Waals surface area contributed by atoms with E-state index in [1.54, 1.807) is 11.3 Å². The normalized spacial score (nSPS) is 11.3. The lowest BCUT2D eigenvalue weighted by Gasteiger charge is -2.08. The molecule has 0 aliphatic heterocycles. The zero-order valence-corrected chi connectivity index (χ0v) is 14.0. The zero-order chi connectivity index (χ0) is 15.2. The highest BCUT2D eigenvalue weighted by atomic mass is 32.1. The van der Waals surface area contributed by atoms with Crippen LogP contribution < -0.4 is 10.1 Å². The van der Waals surface area contributed by atoms with Crippen molar-refractivity contribution in [1.82, 2.24) is 10.3 Å². The van der Waals surface area contributed by atoms with Crippen LogP contribution in [-0.2, 0) is 6.54 Å². The van der Waals surface area contributed by atoms with Crippen molar-refractivity contribution in [1.29, 1.82) is 0 Å². The van der Waals surface area contributed by atoms with E-state index in [0.29, 0.717) is 12.0 Å². The summed E-state index contributed by atoms with van der Waals surface area (Å²) in [7, 11) is 0. The molecule has 0 saturated carbocycles. The van der Waals surface area contributed by atoms with Gasteiger partial charge in [0.2, 0.25) is 0 Å². The molecule has 0 amide bonds. The van der Waals surface area contributed by atoms with E-state index in [1.165, 1.54) is 0 Å². The van der Waals surface area contributed by atoms with E-state index >= 15 is 0 Å². The van der Waals surface area contributed by atoms with Crippen LogP contribution in [0.4, 0.5) is 0 Å². The number of benzene rings is 1. The number of ether oxygens (including phenoxy) is 1. The number of thiazole rings is 1. The highest BCUT2D eigenvalue weighted by molar-refractivity contribution is 7.13. The zero-order valence-electron chi connectivity index (χ0n) is 13.2. The van der Waals surface area contributed by atoms with Gasteiger partial charge in [-0.15, -0.1) is 11.3 Å². The summed E-state index contributed by atoms with van der Waals surface area (Å²) in [6, 6.07) is 8.67. The van der Waals surface area contributed by atoms with Gasteiger partial charge in [0.1, 0.15) is 10.8 Å². The molecule has 0 saturated heterocycles. The standard InChI is InChI=1S/C17H24N2OS/c1-12(2)10-20-16-7-5-14(6-8-16)17-19-15(11-21-17)9-18-13(3)4/h5-8,11-13,18H,9-10H2,1-4H3. The molecule has 0 aliphatic rings. The second-order valence-corrected chi connectivity index (χ2v) is 6.77. The van der Waals surface area contributed by atoms with Gasteiger partial charge in [-0.2, -0.15) is 0 Å². The number of hydrogen-bond donors (Lipinski definition) is 1. The quantitative estimate of drug-likeness (QED) is 0.826. The Morgan fingerprint density at radius 2 is 1.86 bits per heavy atom. The first-order valence-electron chi connectivity index (χ1n) is 7.45. The molecule has 3 nitrogen and oxygen atoms in total. The summed E-state index contributed by atoms with van der Waals surface area (Å²) in [6.07, 6.45) is 0. The molecule has 0 bridgehead atoms. The first-order chi connectivity index (χ1) is 10.0. The third-order valence-corrected chi connectivity index (χ3v) is 3.87. The molecule has 114 valence electrons. The van der Waals surface area contributed by atoms with Crippen molar-refractivity contribution < 1.29 is 4.74 Å². The Hall–Kier alpha value is -1.39. The van der Waals surface area contributed by atoms with Gasteiger partial charge >= 0.3 is 0 Å². The van der Waals surface area contributed by atoms with Crippen LogP contribution in [0.1, 0.15) is 33.4 Å². The fourth-order valence-electron chi connectivity index (χ4n) is 1.79. The van der Waals surface area contributed by atoms with E-state index in [-0.39, 0.29) is 0 Å². The highest BCUT2D eigenvalue weighted by Gasteiger charge is 2.06. The molecule has 1 heterocycles. The van der Waals surface area contributed by atoms with Gasteiger partial charge < -0.3 is 10.1 Å². The van der Waals surface area contributed by atoms with Gasteiger partial charge in [0, 0.05) is 23.5 Å². The summed E-state index contributed by atoms with van der Waals surface area (Å²) in [5.41, 5.74) is 2.25. The van der Waals surface area contributed by atoms with Crippen molar-refractivity contribution in [2.75, 3.05) is 6.61 Å². The highest BCUT2D eigenvalue weighted by Crippen LogP contribution is 2.26. The minimum Gasteiger partial charge on any atom is -0.493 e. The molecule has 1 aromatic heterocycles. The van der Waals surface area contributed by atoms with E-state index < -0.39 is 0 Å². The number of nitrogens with zero attached hydrogens (tertiary/aromatic N) is 1. The van der Waals surface area contributed by atoms with E-state index in [2.05, 4.69) is 55.5 Å². The molecule has 0 fully saturated rings. The molecular weight excluding hydrogens is 280 g/mol. The monoisotopic (exact) mass is 304 g/mol. The van der Waals surface area contributed by atoms with Crippen molar-refractivity contribution in [2.24, 2.45) is 5.92 Å². The summed E-state index contributed by atoms with van der Waals surface area (Å²) in [6.45, 7) is 10.2. The van der Waals surface area contributed by atoms with Crippen LogP contribution in [0, 0.1) is 5.92 Å². The molecule has 4 heteroatoms. The largest absolute Gasteiger partial charge is 0.493 e. The minimum absolute atomic E-state index is 0.479. The van der Waals surface area contributed by atoms with Crippen LogP contribution in [0.3, 0.4) is 0 Å².